The van der Waals surface area contributed by atoms with E-state index in [1.54, 1.807) is 0 Å². The van der Waals surface area contributed by atoms with E-state index in [-0.39, 0.29) is 0 Å². The van der Waals surface area contributed by atoms with Crippen molar-refractivity contribution in [2.24, 2.45) is 0 Å². The topological polar surface area (TPSA) is 0 Å². The monoisotopic (exact) mass is 314 g/mol. The predicted octanol–water partition coefficient (Wildman–Crippen LogP) is 8.15. The molecule has 0 atom stereocenters. The third kappa shape index (κ3) is 6.60. The Labute approximate surface area is 146 Å². The lowest BCUT2D eigenvalue weighted by Crippen LogP contribution is -1.99. The maximum absolute atomic E-state index is 2.27. The minimum atomic E-state index is 1.08. The second-order valence-electron chi connectivity index (χ2n) is 4.93. The molecule has 0 aromatic heterocycles. The summed E-state index contributed by atoms with van der Waals surface area (Å²) in [6.45, 7) is 21.0. The van der Waals surface area contributed by atoms with Gasteiger partial charge in [0, 0.05) is 0 Å². The lowest BCUT2D eigenvalue weighted by Gasteiger charge is -2.17. The standard InChI is InChI=1S/C19H26.2C2H6/c1-7-10-13-17-14(4)15(5)18(11-8-2)19(12-9-3)16(17)6;2*1-2/h8-13H,7H2,1-6H3;2*1-2H3/b11-8-,12-9-,13-10-;;. The first-order chi connectivity index (χ1) is 11.1. The summed E-state index contributed by atoms with van der Waals surface area (Å²) in [5, 5.41) is 0. The van der Waals surface area contributed by atoms with Crippen LogP contribution in [0.25, 0.3) is 18.2 Å². The molecule has 0 spiro atoms. The van der Waals surface area contributed by atoms with Crippen molar-refractivity contribution in [3.63, 3.8) is 0 Å². The van der Waals surface area contributed by atoms with Crippen LogP contribution in [0.3, 0.4) is 0 Å². The maximum atomic E-state index is 2.27. The van der Waals surface area contributed by atoms with Crippen LogP contribution in [0.2, 0.25) is 0 Å². The molecule has 0 radical (unpaired) electrons. The first kappa shape index (κ1) is 23.7. The van der Waals surface area contributed by atoms with Crippen molar-refractivity contribution in [1.82, 2.24) is 0 Å². The Morgan fingerprint density at radius 3 is 1.39 bits per heavy atom. The van der Waals surface area contributed by atoms with Gasteiger partial charge in [0.25, 0.3) is 0 Å². The van der Waals surface area contributed by atoms with Crippen molar-refractivity contribution in [1.29, 1.82) is 0 Å². The summed E-state index contributed by atoms with van der Waals surface area (Å²) in [5.41, 5.74) is 8.22. The summed E-state index contributed by atoms with van der Waals surface area (Å²) in [5.74, 6) is 0. The number of allylic oxidation sites excluding steroid dienone is 3. The lowest BCUT2D eigenvalue weighted by molar-refractivity contribution is 1.22. The van der Waals surface area contributed by atoms with E-state index in [0.29, 0.717) is 0 Å². The average Bonchev–Trinajstić information content (AvgIpc) is 2.59. The Morgan fingerprint density at radius 1 is 0.609 bits per heavy atom. The molecule has 0 aliphatic carbocycles. The SMILES string of the molecule is C/C=C\c1c(C)c(C)c(/C=C\CC)c(C)c1/C=C\C.CC.CC. The Morgan fingerprint density at radius 2 is 1.00 bits per heavy atom. The summed E-state index contributed by atoms with van der Waals surface area (Å²) >= 11 is 0. The molecule has 23 heavy (non-hydrogen) atoms. The van der Waals surface area contributed by atoms with Crippen LogP contribution in [0.4, 0.5) is 0 Å². The van der Waals surface area contributed by atoms with Gasteiger partial charge in [0.2, 0.25) is 0 Å². The third-order valence-electron chi connectivity index (χ3n) is 3.66. The summed E-state index contributed by atoms with van der Waals surface area (Å²) in [6, 6.07) is 0. The average molecular weight is 315 g/mol. The van der Waals surface area contributed by atoms with Gasteiger partial charge in [-0.25, -0.2) is 0 Å². The quantitative estimate of drug-likeness (QED) is 0.526. The van der Waals surface area contributed by atoms with Crippen molar-refractivity contribution in [2.75, 3.05) is 0 Å². The Hall–Kier alpha value is -1.56. The summed E-state index contributed by atoms with van der Waals surface area (Å²) in [4.78, 5) is 0. The molecule has 0 heteroatoms. The molecule has 0 N–H and O–H groups in total. The second-order valence-corrected chi connectivity index (χ2v) is 4.93. The van der Waals surface area contributed by atoms with Gasteiger partial charge in [0.15, 0.2) is 0 Å². The minimum Gasteiger partial charge on any atom is -0.0870 e. The van der Waals surface area contributed by atoms with Crippen LogP contribution >= 0.6 is 0 Å². The van der Waals surface area contributed by atoms with E-state index in [1.807, 2.05) is 27.7 Å². The summed E-state index contributed by atoms with van der Waals surface area (Å²) < 4.78 is 0. The molecule has 0 heterocycles. The van der Waals surface area contributed by atoms with Gasteiger partial charge in [-0.1, -0.05) is 71.1 Å². The van der Waals surface area contributed by atoms with Crippen molar-refractivity contribution in [3.05, 3.63) is 51.6 Å². The van der Waals surface area contributed by atoms with Crippen molar-refractivity contribution >= 4 is 18.2 Å². The summed E-state index contributed by atoms with van der Waals surface area (Å²) in [6.07, 6.45) is 14.3. The van der Waals surface area contributed by atoms with Crippen LogP contribution in [0.5, 0.6) is 0 Å². The van der Waals surface area contributed by atoms with E-state index >= 15 is 0 Å². The van der Waals surface area contributed by atoms with Crippen LogP contribution in [0, 0.1) is 20.8 Å². The van der Waals surface area contributed by atoms with Gasteiger partial charge in [0.1, 0.15) is 0 Å². The predicted molar refractivity (Wildman–Crippen MR) is 112 cm³/mol. The highest BCUT2D eigenvalue weighted by atomic mass is 14.2. The molecule has 0 nitrogen and oxygen atoms in total. The van der Waals surface area contributed by atoms with Crippen LogP contribution in [-0.2, 0) is 0 Å². The normalized spacial score (nSPS) is 10.7. The molecule has 0 bridgehead atoms. The van der Waals surface area contributed by atoms with Crippen LogP contribution in [-0.4, -0.2) is 0 Å². The maximum Gasteiger partial charge on any atom is -0.0149 e. The Bertz CT molecular complexity index is 526. The lowest BCUT2D eigenvalue weighted by atomic mass is 9.87. The van der Waals surface area contributed by atoms with Crippen molar-refractivity contribution in [3.8, 4) is 0 Å². The van der Waals surface area contributed by atoms with Gasteiger partial charge in [0.05, 0.1) is 0 Å². The highest BCUT2D eigenvalue weighted by Crippen LogP contribution is 2.30. The Balaban J connectivity index is 0. The highest BCUT2D eigenvalue weighted by molar-refractivity contribution is 5.76. The molecule has 1 rings (SSSR count). The minimum absolute atomic E-state index is 1.08. The van der Waals surface area contributed by atoms with Crippen molar-refractivity contribution in [2.45, 2.75) is 75.7 Å². The molecular weight excluding hydrogens is 276 g/mol. The van der Waals surface area contributed by atoms with E-state index in [1.165, 1.54) is 33.4 Å². The van der Waals surface area contributed by atoms with Gasteiger partial charge >= 0.3 is 0 Å². The number of hydrogen-bond acceptors (Lipinski definition) is 0. The van der Waals surface area contributed by atoms with E-state index < -0.39 is 0 Å². The number of benzene rings is 1. The van der Waals surface area contributed by atoms with Gasteiger partial charge in [-0.3, -0.25) is 0 Å². The molecule has 1 aromatic rings. The zero-order chi connectivity index (χ0) is 18.4. The van der Waals surface area contributed by atoms with E-state index in [0.717, 1.165) is 6.42 Å². The summed E-state index contributed by atoms with van der Waals surface area (Å²) in [7, 11) is 0. The zero-order valence-electron chi connectivity index (χ0n) is 17.2. The third-order valence-corrected chi connectivity index (χ3v) is 3.66. The highest BCUT2D eigenvalue weighted by Gasteiger charge is 2.12. The smallest absolute Gasteiger partial charge is 0.0149 e. The zero-order valence-corrected chi connectivity index (χ0v) is 17.2. The van der Waals surface area contributed by atoms with Gasteiger partial charge in [-0.15, -0.1) is 0 Å². The first-order valence-electron chi connectivity index (χ1n) is 9.14. The van der Waals surface area contributed by atoms with E-state index in [2.05, 4.69) is 78.0 Å². The van der Waals surface area contributed by atoms with Crippen LogP contribution < -0.4 is 0 Å². The number of rotatable bonds is 4. The molecule has 0 unspecified atom stereocenters. The largest absolute Gasteiger partial charge is 0.0870 e. The van der Waals surface area contributed by atoms with Gasteiger partial charge in [-0.2, -0.15) is 0 Å². The molecule has 1 aromatic carbocycles. The van der Waals surface area contributed by atoms with Gasteiger partial charge < -0.3 is 0 Å². The molecular formula is C23H38. The fourth-order valence-electron chi connectivity index (χ4n) is 2.48. The molecule has 130 valence electrons. The fraction of sp³-hybridized carbons (Fsp3) is 0.478. The molecule has 0 aliphatic rings. The fourth-order valence-corrected chi connectivity index (χ4v) is 2.48. The van der Waals surface area contributed by atoms with E-state index in [9.17, 15) is 0 Å². The molecule has 0 saturated carbocycles. The first-order valence-corrected chi connectivity index (χ1v) is 9.14. The van der Waals surface area contributed by atoms with Gasteiger partial charge in [-0.05, 0) is 74.4 Å². The molecule has 0 saturated heterocycles. The Kier molecular flexibility index (Phi) is 14.5. The molecule has 0 aliphatic heterocycles. The molecule has 0 amide bonds. The van der Waals surface area contributed by atoms with E-state index in [4.69, 9.17) is 0 Å². The number of hydrogen-bond donors (Lipinski definition) is 0. The van der Waals surface area contributed by atoms with Crippen LogP contribution in [0.15, 0.2) is 18.2 Å². The second kappa shape index (κ2) is 14.1. The van der Waals surface area contributed by atoms with Crippen molar-refractivity contribution < 1.29 is 0 Å². The van der Waals surface area contributed by atoms with Crippen LogP contribution in [0.1, 0.15) is 88.3 Å². The molecule has 0 fully saturated rings.